The van der Waals surface area contributed by atoms with E-state index in [1.807, 2.05) is 12.1 Å². The molecule has 2 heterocycles. The number of halogens is 3. The Bertz CT molecular complexity index is 865. The minimum atomic E-state index is -0.298. The number of aromatic nitrogens is 2. The fraction of sp³-hybridized carbons (Fsp3) is 0. The number of pyridine rings is 1. The second-order valence-corrected chi connectivity index (χ2v) is 7.19. The van der Waals surface area contributed by atoms with E-state index in [1.54, 1.807) is 17.5 Å². The first kappa shape index (κ1) is 17.2. The Morgan fingerprint density at radius 3 is 2.46 bits per heavy atom. The summed E-state index contributed by atoms with van der Waals surface area (Å²) in [6, 6.07) is 7.28. The lowest BCUT2D eigenvalue weighted by Gasteiger charge is -2.06. The van der Waals surface area contributed by atoms with Crippen molar-refractivity contribution in [2.24, 2.45) is 0 Å². The Morgan fingerprint density at radius 2 is 1.79 bits per heavy atom. The maximum atomic E-state index is 12.2. The van der Waals surface area contributed by atoms with Crippen LogP contribution in [0.4, 0.5) is 16.5 Å². The van der Waals surface area contributed by atoms with E-state index in [2.05, 4.69) is 36.5 Å². The lowest BCUT2D eigenvalue weighted by molar-refractivity contribution is 0.102. The highest BCUT2D eigenvalue weighted by Gasteiger charge is 2.13. The summed E-state index contributed by atoms with van der Waals surface area (Å²) in [7, 11) is 0. The van der Waals surface area contributed by atoms with Gasteiger partial charge in [-0.1, -0.05) is 39.1 Å². The molecular formula is C15H9BrCl2N4OS. The fourth-order valence-corrected chi connectivity index (χ4v) is 3.22. The van der Waals surface area contributed by atoms with Crippen LogP contribution >= 0.6 is 50.5 Å². The predicted molar refractivity (Wildman–Crippen MR) is 102 cm³/mol. The third kappa shape index (κ3) is 4.05. The number of carbonyl (C=O) groups excluding carboxylic acids is 1. The second kappa shape index (κ2) is 7.48. The molecule has 2 N–H and O–H groups in total. The van der Waals surface area contributed by atoms with Crippen molar-refractivity contribution in [2.75, 3.05) is 10.6 Å². The van der Waals surface area contributed by atoms with Crippen LogP contribution in [0, 0.1) is 0 Å². The highest BCUT2D eigenvalue weighted by Crippen LogP contribution is 2.32. The maximum absolute atomic E-state index is 12.2. The van der Waals surface area contributed by atoms with Crippen molar-refractivity contribution in [3.63, 3.8) is 0 Å². The highest BCUT2D eigenvalue weighted by atomic mass is 79.9. The molecule has 0 aliphatic rings. The zero-order valence-corrected chi connectivity index (χ0v) is 15.8. The van der Waals surface area contributed by atoms with Crippen LogP contribution in [0.25, 0.3) is 0 Å². The van der Waals surface area contributed by atoms with Gasteiger partial charge in [-0.05, 0) is 24.3 Å². The van der Waals surface area contributed by atoms with Gasteiger partial charge >= 0.3 is 0 Å². The lowest BCUT2D eigenvalue weighted by atomic mass is 10.3. The Morgan fingerprint density at radius 1 is 1.12 bits per heavy atom. The summed E-state index contributed by atoms with van der Waals surface area (Å²) >= 11 is 16.7. The molecule has 0 radical (unpaired) electrons. The SMILES string of the molecule is O=C(Nc1ccc(Br)cc1)c1csc(Nc2c(Cl)cncc2Cl)n1. The van der Waals surface area contributed by atoms with Crippen molar-refractivity contribution >= 4 is 72.9 Å². The number of thiazole rings is 1. The molecule has 24 heavy (non-hydrogen) atoms. The number of amides is 1. The van der Waals surface area contributed by atoms with Gasteiger partial charge in [-0.25, -0.2) is 4.98 Å². The molecule has 0 aliphatic carbocycles. The van der Waals surface area contributed by atoms with Gasteiger partial charge in [-0.2, -0.15) is 0 Å². The van der Waals surface area contributed by atoms with Gasteiger partial charge in [-0.3, -0.25) is 9.78 Å². The molecule has 3 aromatic rings. The summed E-state index contributed by atoms with van der Waals surface area (Å²) in [5.74, 6) is -0.298. The van der Waals surface area contributed by atoms with Crippen LogP contribution in [0.5, 0.6) is 0 Å². The van der Waals surface area contributed by atoms with Gasteiger partial charge < -0.3 is 10.6 Å². The van der Waals surface area contributed by atoms with Gasteiger partial charge in [0.1, 0.15) is 5.69 Å². The zero-order valence-electron chi connectivity index (χ0n) is 11.9. The Hall–Kier alpha value is -1.67. The molecule has 122 valence electrons. The average Bonchev–Trinajstić information content (AvgIpc) is 3.02. The smallest absolute Gasteiger partial charge is 0.275 e. The molecule has 0 atom stereocenters. The first-order valence-corrected chi connectivity index (χ1v) is 9.04. The third-order valence-corrected chi connectivity index (χ3v) is 4.78. The number of carbonyl (C=O) groups is 1. The Labute approximate surface area is 160 Å². The number of nitrogens with zero attached hydrogens (tertiary/aromatic N) is 2. The first-order chi connectivity index (χ1) is 11.5. The molecule has 2 aromatic heterocycles. The summed E-state index contributed by atoms with van der Waals surface area (Å²) in [6.45, 7) is 0. The van der Waals surface area contributed by atoms with Gasteiger partial charge in [0, 0.05) is 27.9 Å². The monoisotopic (exact) mass is 442 g/mol. The van der Waals surface area contributed by atoms with Crippen LogP contribution in [0.3, 0.4) is 0 Å². The minimum absolute atomic E-state index is 0.298. The minimum Gasteiger partial charge on any atom is -0.329 e. The summed E-state index contributed by atoms with van der Waals surface area (Å²) in [6.07, 6.45) is 2.95. The summed E-state index contributed by atoms with van der Waals surface area (Å²) < 4.78 is 0.937. The molecule has 1 aromatic carbocycles. The van der Waals surface area contributed by atoms with Gasteiger partial charge in [0.05, 0.1) is 15.7 Å². The van der Waals surface area contributed by atoms with Gasteiger partial charge in [0.25, 0.3) is 5.91 Å². The van der Waals surface area contributed by atoms with Crippen LogP contribution < -0.4 is 10.6 Å². The molecule has 0 saturated heterocycles. The van der Waals surface area contributed by atoms with Crippen molar-refractivity contribution < 1.29 is 4.79 Å². The number of nitrogens with one attached hydrogen (secondary N) is 2. The molecule has 9 heteroatoms. The van der Waals surface area contributed by atoms with Gasteiger partial charge in [-0.15, -0.1) is 11.3 Å². The molecular weight excluding hydrogens is 435 g/mol. The molecule has 0 aliphatic heterocycles. The van der Waals surface area contributed by atoms with E-state index in [9.17, 15) is 4.79 Å². The second-order valence-electron chi connectivity index (χ2n) is 4.60. The number of anilines is 3. The third-order valence-electron chi connectivity index (χ3n) is 2.92. The average molecular weight is 444 g/mol. The standard InChI is InChI=1S/C15H9BrCl2N4OS/c16-8-1-3-9(4-2-8)20-14(23)12-7-24-15(21-12)22-13-10(17)5-19-6-11(13)18/h1-7H,(H,20,23)(H,19,21,22). The van der Waals surface area contributed by atoms with Crippen LogP contribution in [0.1, 0.15) is 10.5 Å². The van der Waals surface area contributed by atoms with E-state index < -0.39 is 0 Å². The molecule has 0 spiro atoms. The van der Waals surface area contributed by atoms with Crippen molar-refractivity contribution in [2.45, 2.75) is 0 Å². The Kier molecular flexibility index (Phi) is 5.35. The molecule has 3 rings (SSSR count). The molecule has 5 nitrogen and oxygen atoms in total. The summed E-state index contributed by atoms with van der Waals surface area (Å²) in [5.41, 5.74) is 1.49. The summed E-state index contributed by atoms with van der Waals surface area (Å²) in [4.78, 5) is 20.4. The van der Waals surface area contributed by atoms with Crippen molar-refractivity contribution in [1.82, 2.24) is 9.97 Å². The van der Waals surface area contributed by atoms with E-state index in [0.29, 0.717) is 32.2 Å². The van der Waals surface area contributed by atoms with E-state index in [1.165, 1.54) is 23.7 Å². The number of benzene rings is 1. The van der Waals surface area contributed by atoms with Gasteiger partial charge in [0.15, 0.2) is 5.13 Å². The molecule has 0 fully saturated rings. The van der Waals surface area contributed by atoms with Crippen LogP contribution in [-0.4, -0.2) is 15.9 Å². The van der Waals surface area contributed by atoms with E-state index in [0.717, 1.165) is 4.47 Å². The van der Waals surface area contributed by atoms with Crippen LogP contribution in [-0.2, 0) is 0 Å². The summed E-state index contributed by atoms with van der Waals surface area (Å²) in [5, 5.41) is 8.69. The normalized spacial score (nSPS) is 10.5. The molecule has 0 saturated carbocycles. The van der Waals surface area contributed by atoms with E-state index in [4.69, 9.17) is 23.2 Å². The number of rotatable bonds is 4. The van der Waals surface area contributed by atoms with Crippen molar-refractivity contribution in [3.05, 3.63) is 62.3 Å². The lowest BCUT2D eigenvalue weighted by Crippen LogP contribution is -2.12. The highest BCUT2D eigenvalue weighted by molar-refractivity contribution is 9.10. The van der Waals surface area contributed by atoms with E-state index in [-0.39, 0.29) is 5.91 Å². The quantitative estimate of drug-likeness (QED) is 0.550. The van der Waals surface area contributed by atoms with Crippen molar-refractivity contribution in [3.8, 4) is 0 Å². The van der Waals surface area contributed by atoms with Gasteiger partial charge in [0.2, 0.25) is 0 Å². The van der Waals surface area contributed by atoms with Crippen molar-refractivity contribution in [1.29, 1.82) is 0 Å². The molecule has 1 amide bonds. The number of hydrogen-bond donors (Lipinski definition) is 2. The Balaban J connectivity index is 1.73. The zero-order chi connectivity index (χ0) is 17.1. The maximum Gasteiger partial charge on any atom is 0.275 e. The van der Waals surface area contributed by atoms with E-state index >= 15 is 0 Å². The predicted octanol–water partition coefficient (Wildman–Crippen LogP) is 5.60. The topological polar surface area (TPSA) is 66.9 Å². The fourth-order valence-electron chi connectivity index (χ4n) is 1.80. The molecule has 0 bridgehead atoms. The van der Waals surface area contributed by atoms with Crippen LogP contribution in [0.2, 0.25) is 10.0 Å². The largest absolute Gasteiger partial charge is 0.329 e. The van der Waals surface area contributed by atoms with Crippen LogP contribution in [0.15, 0.2) is 46.5 Å². The molecule has 0 unspecified atom stereocenters. The first-order valence-electron chi connectivity index (χ1n) is 6.61. The number of hydrogen-bond acceptors (Lipinski definition) is 5.